The first-order valence-electron chi connectivity index (χ1n) is 7.90. The monoisotopic (exact) mass is 334 g/mol. The third-order valence-corrected chi connectivity index (χ3v) is 4.27. The first kappa shape index (κ1) is 18.2. The zero-order valence-corrected chi connectivity index (χ0v) is 13.4. The number of rotatable bonds is 7. The van der Waals surface area contributed by atoms with Crippen LogP contribution < -0.4 is 4.74 Å². The summed E-state index contributed by atoms with van der Waals surface area (Å²) in [4.78, 5) is 23.0. The number of ketones is 1. The third kappa shape index (κ3) is 4.66. The summed E-state index contributed by atoms with van der Waals surface area (Å²) in [5, 5.41) is 28.8. The number of carboxylic acid groups (broad SMARTS) is 1. The molecule has 6 heteroatoms. The maximum absolute atomic E-state index is 12.1. The molecule has 1 unspecified atom stereocenters. The van der Waals surface area contributed by atoms with Crippen molar-refractivity contribution in [2.24, 2.45) is 11.8 Å². The number of para-hydroxylation sites is 1. The highest BCUT2D eigenvalue weighted by molar-refractivity contribution is 5.93. The van der Waals surface area contributed by atoms with E-state index in [1.807, 2.05) is 6.07 Å². The maximum atomic E-state index is 12.1. The zero-order chi connectivity index (χ0) is 17.7. The molecule has 24 heavy (non-hydrogen) atoms. The molecule has 0 heterocycles. The summed E-state index contributed by atoms with van der Waals surface area (Å²) in [5.74, 6) is -1.93. The number of hydrogen-bond acceptors (Lipinski definition) is 5. The van der Waals surface area contributed by atoms with E-state index < -0.39 is 36.1 Å². The second-order valence-electron chi connectivity index (χ2n) is 6.04. The van der Waals surface area contributed by atoms with Crippen molar-refractivity contribution in [3.8, 4) is 5.75 Å². The largest absolute Gasteiger partial charge is 0.483 e. The number of aliphatic carboxylic acids is 1. The number of benzene rings is 1. The van der Waals surface area contributed by atoms with E-state index >= 15 is 0 Å². The number of carbonyl (C=O) groups excluding carboxylic acids is 1. The molecule has 0 aliphatic heterocycles. The van der Waals surface area contributed by atoms with E-state index in [1.54, 1.807) is 31.2 Å². The Bertz CT molecular complexity index is 597. The second-order valence-corrected chi connectivity index (χ2v) is 6.04. The van der Waals surface area contributed by atoms with E-state index in [4.69, 9.17) is 9.84 Å². The molecule has 1 saturated carbocycles. The molecule has 1 aromatic rings. The first-order chi connectivity index (χ1) is 11.4. The maximum Gasteiger partial charge on any atom is 0.303 e. The third-order valence-electron chi connectivity index (χ3n) is 4.27. The lowest BCUT2D eigenvalue weighted by molar-refractivity contribution is -0.139. The lowest BCUT2D eigenvalue weighted by Crippen LogP contribution is -2.25. The van der Waals surface area contributed by atoms with Crippen molar-refractivity contribution in [2.75, 3.05) is 0 Å². The lowest BCUT2D eigenvalue weighted by atomic mass is 9.90. The normalized spacial score (nSPS) is 28.0. The quantitative estimate of drug-likeness (QED) is 0.651. The Kier molecular flexibility index (Phi) is 6.11. The van der Waals surface area contributed by atoms with Crippen LogP contribution >= 0.6 is 0 Å². The van der Waals surface area contributed by atoms with Crippen molar-refractivity contribution < 1.29 is 29.6 Å². The molecule has 0 saturated heterocycles. The molecular weight excluding hydrogens is 312 g/mol. The summed E-state index contributed by atoms with van der Waals surface area (Å²) < 4.78 is 5.52. The standard InChI is InChI=1S/C18H22O6/c1-11(24-12-5-3-2-4-6-12)15(19)8-7-13-14(9-18(22)23)17(21)10-16(13)20/h2-8,11,13-14,16-17,20-21H,9-10H2,1H3,(H,22,23)/t11?,13-,14-,16-,17+/m0/s1. The molecule has 0 radical (unpaired) electrons. The molecule has 3 N–H and O–H groups in total. The van der Waals surface area contributed by atoms with Crippen LogP contribution in [-0.2, 0) is 9.59 Å². The topological polar surface area (TPSA) is 104 Å². The highest BCUT2D eigenvalue weighted by Gasteiger charge is 2.41. The minimum atomic E-state index is -1.04. The van der Waals surface area contributed by atoms with Gasteiger partial charge in [-0.05, 0) is 25.1 Å². The molecule has 0 spiro atoms. The fraction of sp³-hybridized carbons (Fsp3) is 0.444. The molecular formula is C18H22O6. The highest BCUT2D eigenvalue weighted by Crippen LogP contribution is 2.36. The van der Waals surface area contributed by atoms with Gasteiger partial charge in [-0.3, -0.25) is 9.59 Å². The lowest BCUT2D eigenvalue weighted by Gasteiger charge is -2.19. The van der Waals surface area contributed by atoms with Crippen LogP contribution in [0.25, 0.3) is 0 Å². The molecule has 5 atom stereocenters. The predicted molar refractivity (Wildman–Crippen MR) is 86.5 cm³/mol. The molecule has 2 rings (SSSR count). The summed E-state index contributed by atoms with van der Waals surface area (Å²) >= 11 is 0. The Labute approximate surface area is 140 Å². The Morgan fingerprint density at radius 2 is 1.92 bits per heavy atom. The molecule has 1 aromatic carbocycles. The van der Waals surface area contributed by atoms with Crippen molar-refractivity contribution in [2.45, 2.75) is 38.1 Å². The molecule has 1 aliphatic rings. The van der Waals surface area contributed by atoms with E-state index in [9.17, 15) is 19.8 Å². The van der Waals surface area contributed by atoms with Gasteiger partial charge in [-0.1, -0.05) is 24.3 Å². The summed E-state index contributed by atoms with van der Waals surface area (Å²) in [6, 6.07) is 8.93. The number of ether oxygens (including phenoxy) is 1. The first-order valence-corrected chi connectivity index (χ1v) is 7.90. The van der Waals surface area contributed by atoms with E-state index in [1.165, 1.54) is 12.2 Å². The SMILES string of the molecule is CC(Oc1ccccc1)C(=O)C=C[C@H]1[C@H](CC(=O)O)[C@H](O)C[C@@H]1O. The van der Waals surface area contributed by atoms with E-state index in [0.717, 1.165) is 0 Å². The molecule has 0 bridgehead atoms. The number of aliphatic hydroxyl groups excluding tert-OH is 2. The van der Waals surface area contributed by atoms with Gasteiger partial charge in [0.15, 0.2) is 11.9 Å². The summed E-state index contributed by atoms with van der Waals surface area (Å²) in [5.41, 5.74) is 0. The second kappa shape index (κ2) is 8.08. The highest BCUT2D eigenvalue weighted by atomic mass is 16.5. The summed E-state index contributed by atoms with van der Waals surface area (Å²) in [7, 11) is 0. The van der Waals surface area contributed by atoms with Crippen LogP contribution in [0.2, 0.25) is 0 Å². The van der Waals surface area contributed by atoms with Gasteiger partial charge >= 0.3 is 5.97 Å². The molecule has 130 valence electrons. The fourth-order valence-corrected chi connectivity index (χ4v) is 2.97. The minimum Gasteiger partial charge on any atom is -0.483 e. The smallest absolute Gasteiger partial charge is 0.303 e. The van der Waals surface area contributed by atoms with Gasteiger partial charge in [0.1, 0.15) is 5.75 Å². The Balaban J connectivity index is 1.99. The van der Waals surface area contributed by atoms with Gasteiger partial charge in [0.2, 0.25) is 0 Å². The van der Waals surface area contributed by atoms with E-state index in [0.29, 0.717) is 5.75 Å². The van der Waals surface area contributed by atoms with Gasteiger partial charge in [0.05, 0.1) is 18.6 Å². The Morgan fingerprint density at radius 3 is 2.54 bits per heavy atom. The van der Waals surface area contributed by atoms with Crippen molar-refractivity contribution in [3.05, 3.63) is 42.5 Å². The van der Waals surface area contributed by atoms with Gasteiger partial charge in [0, 0.05) is 18.3 Å². The summed E-state index contributed by atoms with van der Waals surface area (Å²) in [6.45, 7) is 1.62. The van der Waals surface area contributed by atoms with Gasteiger partial charge < -0.3 is 20.1 Å². The van der Waals surface area contributed by atoms with Crippen molar-refractivity contribution >= 4 is 11.8 Å². The van der Waals surface area contributed by atoms with Gasteiger partial charge in [-0.15, -0.1) is 0 Å². The number of hydrogen-bond donors (Lipinski definition) is 3. The van der Waals surface area contributed by atoms with Crippen LogP contribution in [0.4, 0.5) is 0 Å². The molecule has 1 aliphatic carbocycles. The molecule has 0 amide bonds. The van der Waals surface area contributed by atoms with Gasteiger partial charge in [-0.2, -0.15) is 0 Å². The molecule has 1 fully saturated rings. The molecule has 0 aromatic heterocycles. The zero-order valence-electron chi connectivity index (χ0n) is 13.4. The van der Waals surface area contributed by atoms with Crippen LogP contribution in [0, 0.1) is 11.8 Å². The van der Waals surface area contributed by atoms with Gasteiger partial charge in [-0.25, -0.2) is 0 Å². The fourth-order valence-electron chi connectivity index (χ4n) is 2.97. The predicted octanol–water partition coefficient (Wildman–Crippen LogP) is 1.41. The Morgan fingerprint density at radius 1 is 1.25 bits per heavy atom. The van der Waals surface area contributed by atoms with Crippen LogP contribution in [-0.4, -0.2) is 45.4 Å². The minimum absolute atomic E-state index is 0.108. The van der Waals surface area contributed by atoms with Crippen LogP contribution in [0.5, 0.6) is 5.75 Å². The number of carbonyl (C=O) groups is 2. The van der Waals surface area contributed by atoms with E-state index in [-0.39, 0.29) is 18.6 Å². The number of carboxylic acids is 1. The van der Waals surface area contributed by atoms with Crippen LogP contribution in [0.3, 0.4) is 0 Å². The van der Waals surface area contributed by atoms with Crippen molar-refractivity contribution in [1.82, 2.24) is 0 Å². The molecule has 6 nitrogen and oxygen atoms in total. The van der Waals surface area contributed by atoms with Crippen LogP contribution in [0.1, 0.15) is 19.8 Å². The van der Waals surface area contributed by atoms with Crippen molar-refractivity contribution in [3.63, 3.8) is 0 Å². The average Bonchev–Trinajstić information content (AvgIpc) is 2.79. The van der Waals surface area contributed by atoms with Crippen molar-refractivity contribution in [1.29, 1.82) is 0 Å². The van der Waals surface area contributed by atoms with Crippen LogP contribution in [0.15, 0.2) is 42.5 Å². The average molecular weight is 334 g/mol. The Hall–Kier alpha value is -2.18. The van der Waals surface area contributed by atoms with E-state index in [2.05, 4.69) is 0 Å². The number of aliphatic hydroxyl groups is 2. The summed E-state index contributed by atoms with van der Waals surface area (Å²) in [6.07, 6.45) is 0.188. The van der Waals surface area contributed by atoms with Gasteiger partial charge in [0.25, 0.3) is 0 Å².